The quantitative estimate of drug-likeness (QED) is 0.116. The molecule has 38 heavy (non-hydrogen) atoms. The van der Waals surface area contributed by atoms with Crippen LogP contribution in [0.3, 0.4) is 0 Å². The normalized spacial score (nSPS) is 23.1. The van der Waals surface area contributed by atoms with Crippen molar-refractivity contribution in [1.82, 2.24) is 0 Å². The van der Waals surface area contributed by atoms with Gasteiger partial charge in [-0.3, -0.25) is 0 Å². The Morgan fingerprint density at radius 3 is 2.55 bits per heavy atom. The maximum Gasteiger partial charge on any atom is 0.332 e. The van der Waals surface area contributed by atoms with Gasteiger partial charge in [-0.15, -0.1) is 0 Å². The summed E-state index contributed by atoms with van der Waals surface area (Å²) < 4.78 is 10.9. The van der Waals surface area contributed by atoms with Gasteiger partial charge < -0.3 is 14.6 Å². The van der Waals surface area contributed by atoms with Crippen LogP contribution in [0.25, 0.3) is 0 Å². The van der Waals surface area contributed by atoms with Crippen LogP contribution in [0.2, 0.25) is 0 Å². The lowest BCUT2D eigenvalue weighted by Gasteiger charge is -2.41. The van der Waals surface area contributed by atoms with E-state index in [1.54, 1.807) is 0 Å². The molecule has 0 unspecified atom stereocenters. The van der Waals surface area contributed by atoms with Crippen LogP contribution in [-0.4, -0.2) is 36.0 Å². The summed E-state index contributed by atoms with van der Waals surface area (Å²) in [4.78, 5) is 11.9. The van der Waals surface area contributed by atoms with E-state index in [0.29, 0.717) is 6.61 Å². The van der Waals surface area contributed by atoms with E-state index >= 15 is 0 Å². The van der Waals surface area contributed by atoms with Crippen molar-refractivity contribution in [2.24, 2.45) is 10.8 Å². The van der Waals surface area contributed by atoms with Crippen LogP contribution in [0.15, 0.2) is 66.3 Å². The summed E-state index contributed by atoms with van der Waals surface area (Å²) in [5.74, 6) is 6.30. The molecule has 0 aliphatic heterocycles. The van der Waals surface area contributed by atoms with Crippen LogP contribution in [0.1, 0.15) is 91.0 Å². The first-order chi connectivity index (χ1) is 18.1. The lowest BCUT2D eigenvalue weighted by Crippen LogP contribution is -2.32. The highest BCUT2D eigenvalue weighted by Crippen LogP contribution is 2.47. The molecule has 0 heterocycles. The zero-order valence-corrected chi connectivity index (χ0v) is 23.8. The third kappa shape index (κ3) is 9.93. The standard InChI is InChI=1S/C34H46O4/c1-32(2,3)38-31(36)27-37-25-19-29-17-8-10-20-33(29,4)21-11-9-18-30(35)26-34(23-13-24-34)22-12-16-28-14-6-5-7-15-28/h5-7,9,11,14-15,18-19,21,30,35H,8,10,13,17,20,22-27H2,1-4H3/b18-9+,21-11+,29-19+/t30-,33+/m1/s1. The van der Waals surface area contributed by atoms with E-state index in [4.69, 9.17) is 9.47 Å². The molecule has 4 heteroatoms. The zero-order chi connectivity index (χ0) is 27.5. The van der Waals surface area contributed by atoms with Gasteiger partial charge in [0.2, 0.25) is 0 Å². The molecule has 0 radical (unpaired) electrons. The van der Waals surface area contributed by atoms with Crippen LogP contribution in [0.4, 0.5) is 0 Å². The maximum absolute atomic E-state index is 11.9. The number of carbonyl (C=O) groups is 1. The van der Waals surface area contributed by atoms with E-state index in [-0.39, 0.29) is 23.4 Å². The molecule has 0 amide bonds. The number of rotatable bonds is 10. The molecule has 0 saturated heterocycles. The van der Waals surface area contributed by atoms with Crippen molar-refractivity contribution < 1.29 is 19.4 Å². The Balaban J connectivity index is 1.49. The molecule has 3 rings (SSSR count). The van der Waals surface area contributed by atoms with Crippen molar-refractivity contribution in [2.45, 2.75) is 97.2 Å². The minimum absolute atomic E-state index is 0.0342. The monoisotopic (exact) mass is 518 g/mol. The van der Waals surface area contributed by atoms with Gasteiger partial charge in [-0.1, -0.05) is 85.8 Å². The Kier molecular flexibility index (Phi) is 11.0. The van der Waals surface area contributed by atoms with Gasteiger partial charge in [0.15, 0.2) is 0 Å². The molecule has 1 aromatic rings. The van der Waals surface area contributed by atoms with Gasteiger partial charge >= 0.3 is 5.97 Å². The average molecular weight is 519 g/mol. The minimum Gasteiger partial charge on any atom is -0.458 e. The van der Waals surface area contributed by atoms with Gasteiger partial charge in [0.05, 0.1) is 12.7 Å². The first-order valence-corrected chi connectivity index (χ1v) is 14.2. The number of carbonyl (C=O) groups excluding carboxylic acids is 1. The number of esters is 1. The Morgan fingerprint density at radius 1 is 1.11 bits per heavy atom. The number of allylic oxidation sites excluding steroid dienone is 4. The van der Waals surface area contributed by atoms with Crippen molar-refractivity contribution in [1.29, 1.82) is 0 Å². The molecule has 0 spiro atoms. The largest absolute Gasteiger partial charge is 0.458 e. The van der Waals surface area contributed by atoms with Gasteiger partial charge in [0.1, 0.15) is 12.2 Å². The fourth-order valence-electron chi connectivity index (χ4n) is 5.41. The van der Waals surface area contributed by atoms with E-state index in [2.05, 4.69) is 37.0 Å². The predicted molar refractivity (Wildman–Crippen MR) is 154 cm³/mol. The first kappa shape index (κ1) is 29.9. The Labute approximate surface area is 230 Å². The van der Waals surface area contributed by atoms with Crippen molar-refractivity contribution in [3.63, 3.8) is 0 Å². The molecule has 2 atom stereocenters. The smallest absolute Gasteiger partial charge is 0.332 e. The summed E-state index contributed by atoms with van der Waals surface area (Å²) in [5, 5.41) is 10.7. The summed E-state index contributed by atoms with van der Waals surface area (Å²) in [7, 11) is 0. The van der Waals surface area contributed by atoms with E-state index in [1.165, 1.54) is 24.8 Å². The van der Waals surface area contributed by atoms with Crippen molar-refractivity contribution in [2.75, 3.05) is 13.2 Å². The Hall–Kier alpha value is -2.61. The number of benzene rings is 1. The fraction of sp³-hybridized carbons (Fsp3) is 0.559. The molecule has 1 aromatic carbocycles. The third-order valence-corrected chi connectivity index (χ3v) is 7.65. The molecule has 2 fully saturated rings. The summed E-state index contributed by atoms with van der Waals surface area (Å²) in [5.41, 5.74) is 2.00. The molecule has 0 aromatic heterocycles. The van der Waals surface area contributed by atoms with Crippen LogP contribution in [0.5, 0.6) is 0 Å². The van der Waals surface area contributed by atoms with Gasteiger partial charge in [-0.25, -0.2) is 4.79 Å². The second-order valence-corrected chi connectivity index (χ2v) is 12.2. The molecule has 0 bridgehead atoms. The van der Waals surface area contributed by atoms with Gasteiger partial charge in [-0.2, -0.15) is 0 Å². The number of ether oxygens (including phenoxy) is 2. The topological polar surface area (TPSA) is 55.8 Å². The SMILES string of the molecule is CC(C)(C)OC(=O)COC/C=C1\CCCC[C@@]1(C)/C=C/C=C/[C@@H](O)CC1(CC#Cc2ccccc2)CCC1. The molecule has 2 aliphatic rings. The van der Waals surface area contributed by atoms with Gasteiger partial charge in [0.25, 0.3) is 0 Å². The Bertz CT molecular complexity index is 1040. The highest BCUT2D eigenvalue weighted by atomic mass is 16.6. The molecule has 2 saturated carbocycles. The van der Waals surface area contributed by atoms with E-state index in [0.717, 1.165) is 44.1 Å². The summed E-state index contributed by atoms with van der Waals surface area (Å²) in [6, 6.07) is 10.1. The van der Waals surface area contributed by atoms with Crippen LogP contribution in [0, 0.1) is 22.7 Å². The lowest BCUT2D eigenvalue weighted by molar-refractivity contribution is -0.159. The molecule has 1 N–H and O–H groups in total. The number of hydrogen-bond acceptors (Lipinski definition) is 4. The third-order valence-electron chi connectivity index (χ3n) is 7.65. The van der Waals surface area contributed by atoms with Crippen LogP contribution in [-0.2, 0) is 14.3 Å². The molecule has 206 valence electrons. The number of hydrogen-bond donors (Lipinski definition) is 1. The van der Waals surface area contributed by atoms with Crippen LogP contribution >= 0.6 is 0 Å². The fourth-order valence-corrected chi connectivity index (χ4v) is 5.41. The molecule has 4 nitrogen and oxygen atoms in total. The van der Waals surface area contributed by atoms with Gasteiger partial charge in [0, 0.05) is 17.4 Å². The zero-order valence-electron chi connectivity index (χ0n) is 23.8. The van der Waals surface area contributed by atoms with Gasteiger partial charge in [-0.05, 0) is 76.8 Å². The van der Waals surface area contributed by atoms with Crippen molar-refractivity contribution in [3.05, 3.63) is 71.8 Å². The summed E-state index contributed by atoms with van der Waals surface area (Å²) in [6.07, 6.45) is 19.5. The number of aliphatic hydroxyl groups excluding tert-OH is 1. The summed E-state index contributed by atoms with van der Waals surface area (Å²) >= 11 is 0. The number of aliphatic hydroxyl groups is 1. The second-order valence-electron chi connectivity index (χ2n) is 12.2. The van der Waals surface area contributed by atoms with Crippen molar-refractivity contribution in [3.8, 4) is 11.8 Å². The highest BCUT2D eigenvalue weighted by molar-refractivity contribution is 5.71. The predicted octanol–water partition coefficient (Wildman–Crippen LogP) is 7.33. The van der Waals surface area contributed by atoms with Crippen molar-refractivity contribution >= 4 is 5.97 Å². The lowest BCUT2D eigenvalue weighted by atomic mass is 9.64. The summed E-state index contributed by atoms with van der Waals surface area (Å²) in [6.45, 7) is 8.20. The molecular formula is C34H46O4. The molecule has 2 aliphatic carbocycles. The first-order valence-electron chi connectivity index (χ1n) is 14.2. The van der Waals surface area contributed by atoms with E-state index < -0.39 is 11.7 Å². The van der Waals surface area contributed by atoms with Crippen LogP contribution < -0.4 is 0 Å². The van der Waals surface area contributed by atoms with E-state index in [1.807, 2.05) is 63.3 Å². The Morgan fingerprint density at radius 2 is 1.87 bits per heavy atom. The highest BCUT2D eigenvalue weighted by Gasteiger charge is 2.37. The molecular weight excluding hydrogens is 472 g/mol. The minimum atomic E-state index is -0.498. The second kappa shape index (κ2) is 14.0. The maximum atomic E-state index is 11.9. The van der Waals surface area contributed by atoms with E-state index in [9.17, 15) is 9.90 Å². The average Bonchev–Trinajstić information content (AvgIpc) is 2.83.